The van der Waals surface area contributed by atoms with Gasteiger partial charge in [0, 0.05) is 45.9 Å². The maximum atomic E-state index is 13.7. The van der Waals surface area contributed by atoms with Crippen LogP contribution in [0.25, 0.3) is 5.78 Å². The van der Waals surface area contributed by atoms with Gasteiger partial charge in [0.1, 0.15) is 18.0 Å². The summed E-state index contributed by atoms with van der Waals surface area (Å²) in [4.78, 5) is 13.3. The Hall–Kier alpha value is -2.10. The summed E-state index contributed by atoms with van der Waals surface area (Å²) in [5.41, 5.74) is 1.81. The molecule has 0 saturated carbocycles. The third-order valence-corrected chi connectivity index (χ3v) is 5.31. The van der Waals surface area contributed by atoms with Gasteiger partial charge in [-0.2, -0.15) is 14.6 Å². The van der Waals surface area contributed by atoms with E-state index in [2.05, 4.69) is 40.8 Å². The van der Waals surface area contributed by atoms with Gasteiger partial charge in [0.15, 0.2) is 0 Å². The van der Waals surface area contributed by atoms with Crippen molar-refractivity contribution in [3.63, 3.8) is 0 Å². The van der Waals surface area contributed by atoms with E-state index in [1.54, 1.807) is 23.8 Å². The van der Waals surface area contributed by atoms with Gasteiger partial charge in [0.2, 0.25) is 0 Å². The number of benzene rings is 1. The first-order valence-electron chi connectivity index (χ1n) is 8.74. The largest absolute Gasteiger partial charge is 0.378 e. The van der Waals surface area contributed by atoms with Crippen LogP contribution in [-0.4, -0.2) is 57.8 Å². The third-order valence-electron chi connectivity index (χ3n) is 4.66. The van der Waals surface area contributed by atoms with Crippen LogP contribution in [-0.2, 0) is 17.9 Å². The summed E-state index contributed by atoms with van der Waals surface area (Å²) in [6.07, 6.45) is 1.51. The van der Waals surface area contributed by atoms with E-state index >= 15 is 0 Å². The second-order valence-corrected chi connectivity index (χ2v) is 7.38. The lowest BCUT2D eigenvalue weighted by Crippen LogP contribution is -2.46. The maximum absolute atomic E-state index is 13.7. The van der Waals surface area contributed by atoms with Crippen LogP contribution in [0.3, 0.4) is 0 Å². The molecule has 3 heterocycles. The topological polar surface area (TPSA) is 58.8 Å². The standard InChI is InChI=1S/C18H20BrFN6O/c1-27-11-14-9-17(26-18(23-14)21-12-22-26)25-6-4-24(5-7-25)10-13-2-3-15(19)16(20)8-13/h2-3,8-9,12H,4-7,10-11H2,1H3. The molecule has 4 rings (SSSR count). The van der Waals surface area contributed by atoms with Crippen molar-refractivity contribution in [3.05, 3.63) is 52.1 Å². The highest BCUT2D eigenvalue weighted by atomic mass is 79.9. The van der Waals surface area contributed by atoms with E-state index in [9.17, 15) is 4.39 Å². The van der Waals surface area contributed by atoms with Crippen LogP contribution in [0.4, 0.5) is 10.2 Å². The normalized spacial score (nSPS) is 15.6. The van der Waals surface area contributed by atoms with Crippen LogP contribution < -0.4 is 4.90 Å². The fourth-order valence-electron chi connectivity index (χ4n) is 3.32. The molecule has 1 fully saturated rings. The highest BCUT2D eigenvalue weighted by molar-refractivity contribution is 9.10. The molecule has 1 aromatic carbocycles. The number of halogens is 2. The minimum absolute atomic E-state index is 0.220. The van der Waals surface area contributed by atoms with Crippen LogP contribution in [0.1, 0.15) is 11.3 Å². The molecule has 142 valence electrons. The van der Waals surface area contributed by atoms with Crippen LogP contribution in [0.2, 0.25) is 0 Å². The number of methoxy groups -OCH3 is 1. The number of fused-ring (bicyclic) bond motifs is 1. The molecule has 0 N–H and O–H groups in total. The van der Waals surface area contributed by atoms with E-state index < -0.39 is 0 Å². The molecule has 1 aliphatic rings. The summed E-state index contributed by atoms with van der Waals surface area (Å²) in [5, 5.41) is 4.30. The summed E-state index contributed by atoms with van der Waals surface area (Å²) in [6, 6.07) is 7.31. The molecule has 7 nitrogen and oxygen atoms in total. The van der Waals surface area contributed by atoms with Crippen molar-refractivity contribution in [1.82, 2.24) is 24.5 Å². The average Bonchev–Trinajstić information content (AvgIpc) is 3.14. The Morgan fingerprint density at radius 2 is 2.00 bits per heavy atom. The van der Waals surface area contributed by atoms with Crippen molar-refractivity contribution in [2.24, 2.45) is 0 Å². The molecule has 3 aromatic rings. The second kappa shape index (κ2) is 7.87. The van der Waals surface area contributed by atoms with Gasteiger partial charge in [-0.15, -0.1) is 0 Å². The molecular formula is C18H20BrFN6O. The molecular weight excluding hydrogens is 415 g/mol. The lowest BCUT2D eigenvalue weighted by molar-refractivity contribution is 0.181. The zero-order valence-electron chi connectivity index (χ0n) is 15.0. The Kier molecular flexibility index (Phi) is 5.33. The van der Waals surface area contributed by atoms with Crippen molar-refractivity contribution in [3.8, 4) is 0 Å². The Bertz CT molecular complexity index is 941. The molecule has 0 aliphatic carbocycles. The first-order chi connectivity index (χ1) is 13.1. The molecule has 9 heteroatoms. The van der Waals surface area contributed by atoms with Crippen LogP contribution in [0, 0.1) is 5.82 Å². The number of ether oxygens (including phenoxy) is 1. The molecule has 0 unspecified atom stereocenters. The van der Waals surface area contributed by atoms with Gasteiger partial charge in [-0.1, -0.05) is 6.07 Å². The molecule has 0 bridgehead atoms. The summed E-state index contributed by atoms with van der Waals surface area (Å²) in [6.45, 7) is 4.65. The maximum Gasteiger partial charge on any atom is 0.254 e. The highest BCUT2D eigenvalue weighted by Crippen LogP contribution is 2.21. The third kappa shape index (κ3) is 3.95. The number of hydrogen-bond donors (Lipinski definition) is 0. The predicted molar refractivity (Wildman–Crippen MR) is 103 cm³/mol. The minimum atomic E-state index is -0.220. The highest BCUT2D eigenvalue weighted by Gasteiger charge is 2.21. The monoisotopic (exact) mass is 434 g/mol. The molecule has 0 spiro atoms. The molecule has 1 aliphatic heterocycles. The van der Waals surface area contributed by atoms with E-state index in [0.717, 1.165) is 49.8 Å². The number of anilines is 1. The number of aromatic nitrogens is 4. The minimum Gasteiger partial charge on any atom is -0.378 e. The smallest absolute Gasteiger partial charge is 0.254 e. The van der Waals surface area contributed by atoms with Crippen molar-refractivity contribution in [2.75, 3.05) is 38.2 Å². The lowest BCUT2D eigenvalue weighted by atomic mass is 10.2. The molecule has 27 heavy (non-hydrogen) atoms. The molecule has 0 radical (unpaired) electrons. The van der Waals surface area contributed by atoms with Gasteiger partial charge in [-0.05, 0) is 33.6 Å². The van der Waals surface area contributed by atoms with Gasteiger partial charge in [-0.25, -0.2) is 9.37 Å². The van der Waals surface area contributed by atoms with Crippen LogP contribution in [0.15, 0.2) is 35.1 Å². The fraction of sp³-hybridized carbons (Fsp3) is 0.389. The number of nitrogens with zero attached hydrogens (tertiary/aromatic N) is 6. The molecule has 2 aromatic heterocycles. The van der Waals surface area contributed by atoms with E-state index in [4.69, 9.17) is 4.74 Å². The molecule has 0 amide bonds. The van der Waals surface area contributed by atoms with Crippen molar-refractivity contribution >= 4 is 27.5 Å². The van der Waals surface area contributed by atoms with Gasteiger partial charge in [0.05, 0.1) is 16.8 Å². The SMILES string of the molecule is COCc1cc(N2CCN(Cc3ccc(Br)c(F)c3)CC2)n2ncnc2n1. The van der Waals surface area contributed by atoms with E-state index in [1.807, 2.05) is 12.1 Å². The summed E-state index contributed by atoms with van der Waals surface area (Å²) in [5.74, 6) is 1.33. The van der Waals surface area contributed by atoms with Gasteiger partial charge in [0.25, 0.3) is 5.78 Å². The Balaban J connectivity index is 1.46. The Morgan fingerprint density at radius 3 is 2.74 bits per heavy atom. The summed E-state index contributed by atoms with van der Waals surface area (Å²) < 4.78 is 21.2. The van der Waals surface area contributed by atoms with Gasteiger partial charge in [-0.3, -0.25) is 4.90 Å². The summed E-state index contributed by atoms with van der Waals surface area (Å²) >= 11 is 3.20. The molecule has 0 atom stereocenters. The van der Waals surface area contributed by atoms with Crippen LogP contribution >= 0.6 is 15.9 Å². The number of piperazine rings is 1. The van der Waals surface area contributed by atoms with E-state index in [0.29, 0.717) is 16.9 Å². The quantitative estimate of drug-likeness (QED) is 0.614. The predicted octanol–water partition coefficient (Wildman–Crippen LogP) is 2.49. The zero-order chi connectivity index (χ0) is 18.8. The zero-order valence-corrected chi connectivity index (χ0v) is 16.6. The van der Waals surface area contributed by atoms with Gasteiger partial charge < -0.3 is 9.64 Å². The summed E-state index contributed by atoms with van der Waals surface area (Å²) in [7, 11) is 1.65. The second-order valence-electron chi connectivity index (χ2n) is 6.52. The van der Waals surface area contributed by atoms with Gasteiger partial charge >= 0.3 is 0 Å². The first-order valence-corrected chi connectivity index (χ1v) is 9.53. The number of hydrogen-bond acceptors (Lipinski definition) is 6. The Morgan fingerprint density at radius 1 is 1.19 bits per heavy atom. The van der Waals surface area contributed by atoms with E-state index in [1.165, 1.54) is 6.33 Å². The first kappa shape index (κ1) is 18.3. The lowest BCUT2D eigenvalue weighted by Gasteiger charge is -2.36. The van der Waals surface area contributed by atoms with Crippen molar-refractivity contribution in [2.45, 2.75) is 13.2 Å². The number of rotatable bonds is 5. The molecule has 1 saturated heterocycles. The van der Waals surface area contributed by atoms with Crippen LogP contribution in [0.5, 0.6) is 0 Å². The Labute approximate surface area is 164 Å². The average molecular weight is 435 g/mol. The van der Waals surface area contributed by atoms with Crippen molar-refractivity contribution < 1.29 is 9.13 Å². The van der Waals surface area contributed by atoms with E-state index in [-0.39, 0.29) is 5.82 Å². The fourth-order valence-corrected chi connectivity index (χ4v) is 3.57. The van der Waals surface area contributed by atoms with Crippen molar-refractivity contribution in [1.29, 1.82) is 0 Å².